The molecule has 3 nitrogen and oxygen atoms in total. The summed E-state index contributed by atoms with van der Waals surface area (Å²) in [6, 6.07) is 7.15. The second-order valence-electron chi connectivity index (χ2n) is 4.35. The highest BCUT2D eigenvalue weighted by molar-refractivity contribution is 5.96. The minimum atomic E-state index is -0.382. The molecule has 94 valence electrons. The average molecular weight is 244 g/mol. The van der Waals surface area contributed by atoms with Crippen molar-refractivity contribution in [1.29, 1.82) is 0 Å². The first-order valence-corrected chi connectivity index (χ1v) is 6.27. The SMILES string of the molecule is CCCCCc1c(C=O)c2ccccc2oc1=O. The Morgan fingerprint density at radius 3 is 2.72 bits per heavy atom. The number of hydrogen-bond acceptors (Lipinski definition) is 3. The molecule has 0 aliphatic heterocycles. The molecule has 1 heterocycles. The van der Waals surface area contributed by atoms with E-state index in [4.69, 9.17) is 4.42 Å². The van der Waals surface area contributed by atoms with E-state index < -0.39 is 0 Å². The van der Waals surface area contributed by atoms with E-state index in [2.05, 4.69) is 6.92 Å². The van der Waals surface area contributed by atoms with E-state index in [1.54, 1.807) is 12.1 Å². The number of benzene rings is 1. The molecule has 0 unspecified atom stereocenters. The molecule has 0 amide bonds. The second kappa shape index (κ2) is 5.63. The Morgan fingerprint density at radius 2 is 2.00 bits per heavy atom. The zero-order valence-electron chi connectivity index (χ0n) is 10.4. The van der Waals surface area contributed by atoms with Crippen molar-refractivity contribution in [1.82, 2.24) is 0 Å². The normalized spacial score (nSPS) is 10.7. The van der Waals surface area contributed by atoms with Crippen molar-refractivity contribution in [3.8, 4) is 0 Å². The maximum atomic E-state index is 11.9. The van der Waals surface area contributed by atoms with E-state index in [0.717, 1.165) is 30.9 Å². The zero-order valence-corrected chi connectivity index (χ0v) is 10.4. The number of carbonyl (C=O) groups excluding carboxylic acids is 1. The third kappa shape index (κ3) is 2.35. The lowest BCUT2D eigenvalue weighted by Crippen LogP contribution is -2.11. The van der Waals surface area contributed by atoms with Gasteiger partial charge in [0.05, 0.1) is 0 Å². The largest absolute Gasteiger partial charge is 0.422 e. The third-order valence-electron chi connectivity index (χ3n) is 3.10. The van der Waals surface area contributed by atoms with Crippen LogP contribution in [0.3, 0.4) is 0 Å². The summed E-state index contributed by atoms with van der Waals surface area (Å²) in [6.07, 6.45) is 4.40. The Labute approximate surface area is 105 Å². The quantitative estimate of drug-likeness (QED) is 0.460. The van der Waals surface area contributed by atoms with Gasteiger partial charge in [-0.25, -0.2) is 4.79 Å². The highest BCUT2D eigenvalue weighted by Crippen LogP contribution is 2.19. The molecule has 0 radical (unpaired) electrons. The van der Waals surface area contributed by atoms with Gasteiger partial charge in [-0.15, -0.1) is 0 Å². The van der Waals surface area contributed by atoms with Crippen LogP contribution in [-0.2, 0) is 6.42 Å². The van der Waals surface area contributed by atoms with Crippen molar-refractivity contribution < 1.29 is 9.21 Å². The number of aldehydes is 1. The van der Waals surface area contributed by atoms with Crippen molar-refractivity contribution in [2.45, 2.75) is 32.6 Å². The Kier molecular flexibility index (Phi) is 3.92. The molecule has 0 aliphatic carbocycles. The maximum absolute atomic E-state index is 11.9. The molecule has 0 atom stereocenters. The maximum Gasteiger partial charge on any atom is 0.340 e. The molecule has 0 spiro atoms. The fourth-order valence-corrected chi connectivity index (χ4v) is 2.14. The lowest BCUT2D eigenvalue weighted by molar-refractivity contribution is 0.112. The molecule has 1 aromatic heterocycles. The number of para-hydroxylation sites is 1. The number of carbonyl (C=O) groups is 1. The molecule has 0 fully saturated rings. The molecule has 2 aromatic rings. The summed E-state index contributed by atoms with van der Waals surface area (Å²) >= 11 is 0. The summed E-state index contributed by atoms with van der Waals surface area (Å²) in [4.78, 5) is 23.1. The minimum absolute atomic E-state index is 0.382. The van der Waals surface area contributed by atoms with Gasteiger partial charge < -0.3 is 4.42 Å². The lowest BCUT2D eigenvalue weighted by Gasteiger charge is -2.06. The van der Waals surface area contributed by atoms with Crippen LogP contribution in [0.5, 0.6) is 0 Å². The fourth-order valence-electron chi connectivity index (χ4n) is 2.14. The molecule has 0 saturated heterocycles. The van der Waals surface area contributed by atoms with Crippen LogP contribution in [0.2, 0.25) is 0 Å². The van der Waals surface area contributed by atoms with Crippen LogP contribution in [0.1, 0.15) is 42.1 Å². The van der Waals surface area contributed by atoms with E-state index in [9.17, 15) is 9.59 Å². The summed E-state index contributed by atoms with van der Waals surface area (Å²) in [7, 11) is 0. The van der Waals surface area contributed by atoms with E-state index in [0.29, 0.717) is 23.1 Å². The predicted molar refractivity (Wildman–Crippen MR) is 71.1 cm³/mol. The van der Waals surface area contributed by atoms with E-state index in [1.165, 1.54) is 0 Å². The molecule has 2 rings (SSSR count). The van der Waals surface area contributed by atoms with Gasteiger partial charge in [-0.05, 0) is 18.9 Å². The van der Waals surface area contributed by atoms with E-state index >= 15 is 0 Å². The van der Waals surface area contributed by atoms with Crippen molar-refractivity contribution in [2.75, 3.05) is 0 Å². The van der Waals surface area contributed by atoms with Crippen LogP contribution in [-0.4, -0.2) is 6.29 Å². The van der Waals surface area contributed by atoms with Crippen LogP contribution in [0.25, 0.3) is 11.0 Å². The Bertz CT molecular complexity index is 611. The number of unbranched alkanes of at least 4 members (excludes halogenated alkanes) is 2. The first-order valence-electron chi connectivity index (χ1n) is 6.27. The Balaban J connectivity index is 2.54. The first kappa shape index (κ1) is 12.6. The van der Waals surface area contributed by atoms with Crippen molar-refractivity contribution in [3.05, 3.63) is 45.8 Å². The van der Waals surface area contributed by atoms with Crippen LogP contribution >= 0.6 is 0 Å². The van der Waals surface area contributed by atoms with Crippen LogP contribution in [0, 0.1) is 0 Å². The molecule has 3 heteroatoms. The Hall–Kier alpha value is -1.90. The van der Waals surface area contributed by atoms with E-state index in [-0.39, 0.29) is 5.63 Å². The molecular formula is C15H16O3. The first-order chi connectivity index (χ1) is 8.77. The summed E-state index contributed by atoms with van der Waals surface area (Å²) in [5.74, 6) is 0. The van der Waals surface area contributed by atoms with Gasteiger partial charge in [-0.1, -0.05) is 38.0 Å². The lowest BCUT2D eigenvalue weighted by atomic mass is 10.0. The summed E-state index contributed by atoms with van der Waals surface area (Å²) < 4.78 is 5.25. The standard InChI is InChI=1S/C15H16O3/c1-2-3-4-8-12-13(10-16)11-7-5-6-9-14(11)18-15(12)17/h5-7,9-10H,2-4,8H2,1H3. The average Bonchev–Trinajstić information content (AvgIpc) is 2.39. The van der Waals surface area contributed by atoms with E-state index in [1.807, 2.05) is 12.1 Å². The van der Waals surface area contributed by atoms with Crippen LogP contribution < -0.4 is 5.63 Å². The second-order valence-corrected chi connectivity index (χ2v) is 4.35. The van der Waals surface area contributed by atoms with Gasteiger partial charge in [-0.3, -0.25) is 4.79 Å². The molecule has 1 aromatic carbocycles. The van der Waals surface area contributed by atoms with Gasteiger partial charge in [-0.2, -0.15) is 0 Å². The van der Waals surface area contributed by atoms with Gasteiger partial charge in [0.25, 0.3) is 0 Å². The van der Waals surface area contributed by atoms with Crippen molar-refractivity contribution in [3.63, 3.8) is 0 Å². The predicted octanol–water partition coefficient (Wildman–Crippen LogP) is 3.34. The molecule has 0 N–H and O–H groups in total. The summed E-state index contributed by atoms with van der Waals surface area (Å²) in [6.45, 7) is 2.10. The molecule has 18 heavy (non-hydrogen) atoms. The summed E-state index contributed by atoms with van der Waals surface area (Å²) in [5.41, 5.74) is 1.09. The zero-order chi connectivity index (χ0) is 13.0. The van der Waals surface area contributed by atoms with Crippen LogP contribution in [0.4, 0.5) is 0 Å². The number of fused-ring (bicyclic) bond motifs is 1. The minimum Gasteiger partial charge on any atom is -0.422 e. The van der Waals surface area contributed by atoms with Gasteiger partial charge >= 0.3 is 5.63 Å². The highest BCUT2D eigenvalue weighted by Gasteiger charge is 2.13. The van der Waals surface area contributed by atoms with Gasteiger partial charge in [0, 0.05) is 16.5 Å². The molecule has 0 aliphatic rings. The molecular weight excluding hydrogens is 228 g/mol. The number of hydrogen-bond donors (Lipinski definition) is 0. The molecule has 0 saturated carbocycles. The van der Waals surface area contributed by atoms with Crippen LogP contribution in [0.15, 0.2) is 33.5 Å². The molecule has 0 bridgehead atoms. The Morgan fingerprint density at radius 1 is 1.22 bits per heavy atom. The number of rotatable bonds is 5. The van der Waals surface area contributed by atoms with Gasteiger partial charge in [0.15, 0.2) is 6.29 Å². The fraction of sp³-hybridized carbons (Fsp3) is 0.333. The topological polar surface area (TPSA) is 47.3 Å². The smallest absolute Gasteiger partial charge is 0.340 e. The van der Waals surface area contributed by atoms with Crippen molar-refractivity contribution >= 4 is 17.3 Å². The van der Waals surface area contributed by atoms with Gasteiger partial charge in [0.1, 0.15) is 5.58 Å². The van der Waals surface area contributed by atoms with Gasteiger partial charge in [0.2, 0.25) is 0 Å². The highest BCUT2D eigenvalue weighted by atomic mass is 16.4. The third-order valence-corrected chi connectivity index (χ3v) is 3.10. The summed E-state index contributed by atoms with van der Waals surface area (Å²) in [5, 5.41) is 0.721. The monoisotopic (exact) mass is 244 g/mol. The van der Waals surface area contributed by atoms with Crippen molar-refractivity contribution in [2.24, 2.45) is 0 Å².